The topological polar surface area (TPSA) is 47.9 Å². The molecule has 0 saturated carbocycles. The number of nitrogens with one attached hydrogen (secondary N) is 1. The standard InChI is InChI=1S/C22H21ClN4OS/c1-14(15-6-2-3-7-16(15)23)26-11-9-24-22(28)21-17(26)12-19(29-21)18-13-25-20-8-4-5-10-27(18)20/h2-8,10,12,14,18H,9,11,13H2,1H3,(H,24,28). The summed E-state index contributed by atoms with van der Waals surface area (Å²) in [7, 11) is 0. The van der Waals surface area contributed by atoms with Crippen LogP contribution in [0, 0.1) is 0 Å². The Bertz CT molecular complexity index is 1060. The lowest BCUT2D eigenvalue weighted by atomic mass is 10.1. The summed E-state index contributed by atoms with van der Waals surface area (Å²) < 4.78 is 0. The Hall–Kier alpha value is -2.57. The van der Waals surface area contributed by atoms with Gasteiger partial charge in [0, 0.05) is 29.2 Å². The molecule has 148 valence electrons. The highest BCUT2D eigenvalue weighted by Crippen LogP contribution is 2.42. The van der Waals surface area contributed by atoms with Crippen LogP contribution in [0.2, 0.25) is 5.02 Å². The molecular weight excluding hydrogens is 404 g/mol. The van der Waals surface area contributed by atoms with Crippen molar-refractivity contribution < 1.29 is 4.79 Å². The largest absolute Gasteiger partial charge is 0.362 e. The van der Waals surface area contributed by atoms with Crippen LogP contribution in [-0.2, 0) is 0 Å². The van der Waals surface area contributed by atoms with Crippen molar-refractivity contribution in [2.75, 3.05) is 24.5 Å². The van der Waals surface area contributed by atoms with Gasteiger partial charge in [-0.25, -0.2) is 0 Å². The molecule has 0 radical (unpaired) electrons. The van der Waals surface area contributed by atoms with E-state index < -0.39 is 0 Å². The Balaban J connectivity index is 1.52. The third-order valence-electron chi connectivity index (χ3n) is 5.67. The van der Waals surface area contributed by atoms with E-state index in [2.05, 4.69) is 45.4 Å². The highest BCUT2D eigenvalue weighted by Gasteiger charge is 2.33. The van der Waals surface area contributed by atoms with Gasteiger partial charge in [-0.2, -0.15) is 0 Å². The Morgan fingerprint density at radius 1 is 1.31 bits per heavy atom. The number of hydrogen-bond acceptors (Lipinski definition) is 5. The Morgan fingerprint density at radius 2 is 2.17 bits per heavy atom. The molecule has 0 aliphatic carbocycles. The van der Waals surface area contributed by atoms with Gasteiger partial charge in [0.1, 0.15) is 10.7 Å². The first-order valence-corrected chi connectivity index (χ1v) is 10.9. The van der Waals surface area contributed by atoms with Crippen molar-refractivity contribution in [3.05, 3.63) is 75.1 Å². The number of carbonyl (C=O) groups is 1. The minimum absolute atomic E-state index is 0.00155. The number of amides is 1. The number of carbonyl (C=O) groups excluding carboxylic acids is 1. The van der Waals surface area contributed by atoms with Gasteiger partial charge in [-0.15, -0.1) is 11.3 Å². The van der Waals surface area contributed by atoms with Gasteiger partial charge >= 0.3 is 0 Å². The fourth-order valence-electron chi connectivity index (χ4n) is 4.15. The molecule has 0 saturated heterocycles. The second-order valence-electron chi connectivity index (χ2n) is 7.33. The molecule has 1 N–H and O–H groups in total. The molecule has 2 aromatic rings. The van der Waals surface area contributed by atoms with Crippen molar-refractivity contribution in [2.45, 2.75) is 19.0 Å². The highest BCUT2D eigenvalue weighted by molar-refractivity contribution is 7.14. The lowest BCUT2D eigenvalue weighted by Crippen LogP contribution is -2.32. The molecule has 5 rings (SSSR count). The molecule has 1 amide bonds. The first-order chi connectivity index (χ1) is 14.1. The lowest BCUT2D eigenvalue weighted by Gasteiger charge is -2.30. The first-order valence-electron chi connectivity index (χ1n) is 9.74. The van der Waals surface area contributed by atoms with Gasteiger partial charge < -0.3 is 15.1 Å². The fraction of sp³-hybridized carbons (Fsp3) is 0.273. The maximum Gasteiger partial charge on any atom is 0.263 e. The van der Waals surface area contributed by atoms with E-state index in [0.29, 0.717) is 13.1 Å². The molecule has 1 aromatic heterocycles. The van der Waals surface area contributed by atoms with Gasteiger partial charge in [0.05, 0.1) is 24.3 Å². The zero-order valence-electron chi connectivity index (χ0n) is 16.0. The number of hydrogen-bond donors (Lipinski definition) is 1. The molecule has 3 aliphatic rings. The number of amidine groups is 1. The summed E-state index contributed by atoms with van der Waals surface area (Å²) in [5.41, 5.74) is 2.05. The summed E-state index contributed by atoms with van der Waals surface area (Å²) in [6.07, 6.45) is 8.11. The molecule has 1 aromatic carbocycles. The van der Waals surface area contributed by atoms with Gasteiger partial charge in [0.2, 0.25) is 0 Å². The van der Waals surface area contributed by atoms with Gasteiger partial charge in [0.25, 0.3) is 5.91 Å². The number of fused-ring (bicyclic) bond motifs is 2. The number of aliphatic imine (C=N–C) groups is 1. The molecule has 5 nitrogen and oxygen atoms in total. The van der Waals surface area contributed by atoms with Crippen LogP contribution in [0.4, 0.5) is 5.69 Å². The van der Waals surface area contributed by atoms with E-state index in [1.165, 1.54) is 0 Å². The third-order valence-corrected chi connectivity index (χ3v) is 7.23. The van der Waals surface area contributed by atoms with E-state index in [9.17, 15) is 4.79 Å². The summed E-state index contributed by atoms with van der Waals surface area (Å²) >= 11 is 8.05. The summed E-state index contributed by atoms with van der Waals surface area (Å²) in [5.74, 6) is 0.977. The molecule has 3 aliphatic heterocycles. The highest BCUT2D eigenvalue weighted by atomic mass is 35.5. The second-order valence-corrected chi connectivity index (χ2v) is 8.82. The average Bonchev–Trinajstić information content (AvgIpc) is 3.32. The molecule has 0 bridgehead atoms. The van der Waals surface area contributed by atoms with Gasteiger partial charge in [-0.1, -0.05) is 35.9 Å². The minimum Gasteiger partial charge on any atom is -0.362 e. The predicted molar refractivity (Wildman–Crippen MR) is 119 cm³/mol. The van der Waals surface area contributed by atoms with Crippen molar-refractivity contribution in [1.82, 2.24) is 10.2 Å². The van der Waals surface area contributed by atoms with Crippen LogP contribution in [0.15, 0.2) is 59.8 Å². The molecule has 0 spiro atoms. The maximum absolute atomic E-state index is 12.8. The maximum atomic E-state index is 12.8. The van der Waals surface area contributed by atoms with Gasteiger partial charge in [0.15, 0.2) is 0 Å². The lowest BCUT2D eigenvalue weighted by molar-refractivity contribution is 0.0962. The molecule has 2 unspecified atom stereocenters. The quantitative estimate of drug-likeness (QED) is 0.786. The van der Waals surface area contributed by atoms with Crippen LogP contribution >= 0.6 is 22.9 Å². The van der Waals surface area contributed by atoms with Crippen molar-refractivity contribution in [3.8, 4) is 0 Å². The zero-order chi connectivity index (χ0) is 20.0. The minimum atomic E-state index is -0.00155. The number of benzene rings is 1. The number of halogens is 1. The van der Waals surface area contributed by atoms with Crippen molar-refractivity contribution in [1.29, 1.82) is 0 Å². The molecule has 7 heteroatoms. The van der Waals surface area contributed by atoms with Gasteiger partial charge in [-0.3, -0.25) is 9.79 Å². The normalized spacial score (nSPS) is 21.4. The van der Waals surface area contributed by atoms with Crippen LogP contribution in [0.5, 0.6) is 0 Å². The second kappa shape index (κ2) is 7.35. The van der Waals surface area contributed by atoms with Crippen LogP contribution in [0.1, 0.15) is 39.1 Å². The van der Waals surface area contributed by atoms with Gasteiger partial charge in [-0.05, 0) is 36.8 Å². The van der Waals surface area contributed by atoms with E-state index >= 15 is 0 Å². The monoisotopic (exact) mass is 424 g/mol. The number of nitrogens with zero attached hydrogens (tertiary/aromatic N) is 3. The van der Waals surface area contributed by atoms with Crippen LogP contribution < -0.4 is 10.2 Å². The molecule has 4 heterocycles. The molecule has 29 heavy (non-hydrogen) atoms. The van der Waals surface area contributed by atoms with Crippen molar-refractivity contribution in [2.24, 2.45) is 4.99 Å². The van der Waals surface area contributed by atoms with Crippen LogP contribution in [0.25, 0.3) is 0 Å². The molecular formula is C22H21ClN4OS. The average molecular weight is 425 g/mol. The Labute approximate surface area is 179 Å². The smallest absolute Gasteiger partial charge is 0.263 e. The molecule has 0 fully saturated rings. The van der Waals surface area contributed by atoms with E-state index in [1.54, 1.807) is 11.3 Å². The van der Waals surface area contributed by atoms with E-state index in [0.717, 1.165) is 38.4 Å². The zero-order valence-corrected chi connectivity index (χ0v) is 17.6. The van der Waals surface area contributed by atoms with E-state index in [-0.39, 0.29) is 18.0 Å². The van der Waals surface area contributed by atoms with E-state index in [1.807, 2.05) is 36.4 Å². The number of rotatable bonds is 3. The van der Waals surface area contributed by atoms with Crippen LogP contribution in [0.3, 0.4) is 0 Å². The third kappa shape index (κ3) is 3.16. The Morgan fingerprint density at radius 3 is 3.03 bits per heavy atom. The summed E-state index contributed by atoms with van der Waals surface area (Å²) in [5, 5.41) is 3.79. The first kappa shape index (κ1) is 18.5. The SMILES string of the molecule is CC(c1ccccc1Cl)N1CCNC(=O)c2sc(C3CN=C4C=CC=CN43)cc21. The van der Waals surface area contributed by atoms with E-state index in [4.69, 9.17) is 11.6 Å². The number of anilines is 1. The van der Waals surface area contributed by atoms with Crippen molar-refractivity contribution in [3.63, 3.8) is 0 Å². The Kier molecular flexibility index (Phi) is 4.68. The van der Waals surface area contributed by atoms with Crippen LogP contribution in [-0.4, -0.2) is 36.3 Å². The van der Waals surface area contributed by atoms with Crippen molar-refractivity contribution >= 4 is 40.4 Å². The number of thiophene rings is 1. The fourth-order valence-corrected chi connectivity index (χ4v) is 5.62. The summed E-state index contributed by atoms with van der Waals surface area (Å²) in [6.45, 7) is 4.19. The number of allylic oxidation sites excluding steroid dienone is 2. The summed E-state index contributed by atoms with van der Waals surface area (Å²) in [4.78, 5) is 23.8. The predicted octanol–water partition coefficient (Wildman–Crippen LogP) is 4.55. The molecule has 2 atom stereocenters. The summed E-state index contributed by atoms with van der Waals surface area (Å²) in [6, 6.07) is 10.3.